The molecule has 1 aromatic heterocycles. The van der Waals surface area contributed by atoms with Crippen LogP contribution in [-0.4, -0.2) is 30.4 Å². The summed E-state index contributed by atoms with van der Waals surface area (Å²) in [5.41, 5.74) is 2.17. The third-order valence-electron chi connectivity index (χ3n) is 4.03. The highest BCUT2D eigenvalue weighted by Crippen LogP contribution is 2.30. The van der Waals surface area contributed by atoms with Crippen LogP contribution in [-0.2, 0) is 17.8 Å². The highest BCUT2D eigenvalue weighted by Gasteiger charge is 2.31. The molecule has 1 aliphatic rings. The molecule has 2 heterocycles. The number of hydrogen-bond acceptors (Lipinski definition) is 4. The predicted molar refractivity (Wildman–Crippen MR) is 90.2 cm³/mol. The van der Waals surface area contributed by atoms with Crippen molar-refractivity contribution >= 4 is 23.3 Å². The Morgan fingerprint density at radius 2 is 2.00 bits per heavy atom. The zero-order valence-corrected chi connectivity index (χ0v) is 13.7. The van der Waals surface area contributed by atoms with Crippen LogP contribution in [0.25, 0.3) is 0 Å². The summed E-state index contributed by atoms with van der Waals surface area (Å²) in [4.78, 5) is 27.7. The zero-order valence-electron chi connectivity index (χ0n) is 12.9. The average molecular weight is 329 g/mol. The highest BCUT2D eigenvalue weighted by molar-refractivity contribution is 7.10. The summed E-state index contributed by atoms with van der Waals surface area (Å²) in [5, 5.41) is 6.94. The molecule has 0 radical (unpaired) electrons. The Hall–Kier alpha value is -2.18. The van der Waals surface area contributed by atoms with Crippen LogP contribution in [0.5, 0.6) is 0 Å². The van der Waals surface area contributed by atoms with Crippen molar-refractivity contribution in [2.75, 3.05) is 13.6 Å². The maximum Gasteiger partial charge on any atom is 0.321 e. The Bertz CT molecular complexity index is 699. The lowest BCUT2D eigenvalue weighted by Crippen LogP contribution is -2.46. The SMILES string of the molecule is CNC(=O)NC(=O)[C@H](c1ccccc1)N1CCc2sccc2C1. The summed E-state index contributed by atoms with van der Waals surface area (Å²) in [6.45, 7) is 1.52. The molecule has 6 heteroatoms. The number of urea groups is 1. The summed E-state index contributed by atoms with van der Waals surface area (Å²) < 4.78 is 0. The second kappa shape index (κ2) is 6.93. The van der Waals surface area contributed by atoms with E-state index >= 15 is 0 Å². The Morgan fingerprint density at radius 3 is 2.74 bits per heavy atom. The van der Waals surface area contributed by atoms with Gasteiger partial charge in [-0.1, -0.05) is 30.3 Å². The molecular weight excluding hydrogens is 310 g/mol. The van der Waals surface area contributed by atoms with Gasteiger partial charge in [0, 0.05) is 25.0 Å². The van der Waals surface area contributed by atoms with E-state index in [0.717, 1.165) is 25.1 Å². The lowest BCUT2D eigenvalue weighted by atomic mass is 10.0. The molecule has 1 atom stereocenters. The molecule has 5 nitrogen and oxygen atoms in total. The first-order valence-corrected chi connectivity index (χ1v) is 8.44. The summed E-state index contributed by atoms with van der Waals surface area (Å²) in [7, 11) is 1.50. The predicted octanol–water partition coefficient (Wildman–Crippen LogP) is 2.30. The standard InChI is InChI=1S/C17H19N3O2S/c1-18-17(22)19-16(21)15(12-5-3-2-4-6-12)20-9-7-14-13(11-20)8-10-23-14/h2-6,8,10,15H,7,9,11H2,1H3,(H2,18,19,21,22)/t15-/m0/s1. The van der Waals surface area contributed by atoms with Gasteiger partial charge in [-0.25, -0.2) is 4.79 Å². The molecule has 23 heavy (non-hydrogen) atoms. The molecule has 0 aliphatic carbocycles. The summed E-state index contributed by atoms with van der Waals surface area (Å²) >= 11 is 1.77. The molecule has 3 amide bonds. The van der Waals surface area contributed by atoms with E-state index in [0.29, 0.717) is 0 Å². The maximum absolute atomic E-state index is 12.7. The summed E-state index contributed by atoms with van der Waals surface area (Å²) in [5.74, 6) is -0.297. The van der Waals surface area contributed by atoms with Crippen molar-refractivity contribution in [1.82, 2.24) is 15.5 Å². The summed E-state index contributed by atoms with van der Waals surface area (Å²) in [6.07, 6.45) is 0.934. The fourth-order valence-corrected chi connectivity index (χ4v) is 3.79. The van der Waals surface area contributed by atoms with Gasteiger partial charge >= 0.3 is 6.03 Å². The van der Waals surface area contributed by atoms with Crippen LogP contribution in [0.1, 0.15) is 22.0 Å². The zero-order chi connectivity index (χ0) is 16.2. The highest BCUT2D eigenvalue weighted by atomic mass is 32.1. The van der Waals surface area contributed by atoms with Gasteiger partial charge in [0.05, 0.1) is 0 Å². The molecular formula is C17H19N3O2S. The van der Waals surface area contributed by atoms with Gasteiger partial charge < -0.3 is 5.32 Å². The molecule has 0 saturated carbocycles. The number of nitrogens with one attached hydrogen (secondary N) is 2. The van der Waals surface area contributed by atoms with Crippen molar-refractivity contribution in [3.05, 3.63) is 57.8 Å². The Morgan fingerprint density at radius 1 is 1.22 bits per heavy atom. The monoisotopic (exact) mass is 329 g/mol. The Labute approximate surface area is 139 Å². The molecule has 2 N–H and O–H groups in total. The number of imide groups is 1. The van der Waals surface area contributed by atoms with Gasteiger partial charge in [-0.15, -0.1) is 11.3 Å². The Balaban J connectivity index is 1.87. The fraction of sp³-hybridized carbons (Fsp3) is 0.294. The van der Waals surface area contributed by atoms with Gasteiger partial charge in [-0.2, -0.15) is 0 Å². The molecule has 0 bridgehead atoms. The number of fused-ring (bicyclic) bond motifs is 1. The van der Waals surface area contributed by atoms with Crippen LogP contribution in [0, 0.1) is 0 Å². The summed E-state index contributed by atoms with van der Waals surface area (Å²) in [6, 6.07) is 10.8. The molecule has 1 aromatic carbocycles. The van der Waals surface area contributed by atoms with Crippen molar-refractivity contribution in [2.45, 2.75) is 19.0 Å². The first-order chi connectivity index (χ1) is 11.2. The van der Waals surface area contributed by atoms with E-state index in [1.165, 1.54) is 17.5 Å². The van der Waals surface area contributed by atoms with E-state index in [9.17, 15) is 9.59 Å². The lowest BCUT2D eigenvalue weighted by Gasteiger charge is -2.33. The normalized spacial score (nSPS) is 15.5. The van der Waals surface area contributed by atoms with Gasteiger partial charge in [0.25, 0.3) is 0 Å². The number of rotatable bonds is 3. The first kappa shape index (κ1) is 15.7. The molecule has 3 rings (SSSR count). The largest absolute Gasteiger partial charge is 0.341 e. The topological polar surface area (TPSA) is 61.4 Å². The van der Waals surface area contributed by atoms with Gasteiger partial charge in [-0.05, 0) is 29.0 Å². The fourth-order valence-electron chi connectivity index (χ4n) is 2.90. The third-order valence-corrected chi connectivity index (χ3v) is 5.05. The van der Waals surface area contributed by atoms with Crippen molar-refractivity contribution in [3.63, 3.8) is 0 Å². The van der Waals surface area contributed by atoms with Crippen molar-refractivity contribution < 1.29 is 9.59 Å². The van der Waals surface area contributed by atoms with E-state index < -0.39 is 12.1 Å². The second-order valence-electron chi connectivity index (χ2n) is 5.47. The van der Waals surface area contributed by atoms with E-state index in [1.807, 2.05) is 30.3 Å². The lowest BCUT2D eigenvalue weighted by molar-refractivity contribution is -0.126. The number of thiophene rings is 1. The molecule has 120 valence electrons. The smallest absolute Gasteiger partial charge is 0.321 e. The van der Waals surface area contributed by atoms with E-state index in [2.05, 4.69) is 27.0 Å². The van der Waals surface area contributed by atoms with E-state index in [-0.39, 0.29) is 5.91 Å². The minimum atomic E-state index is -0.482. The first-order valence-electron chi connectivity index (χ1n) is 7.56. The maximum atomic E-state index is 12.7. The third kappa shape index (κ3) is 3.43. The Kier molecular flexibility index (Phi) is 4.73. The van der Waals surface area contributed by atoms with Gasteiger partial charge in [-0.3, -0.25) is 15.0 Å². The number of carbonyl (C=O) groups excluding carboxylic acids is 2. The van der Waals surface area contributed by atoms with Crippen molar-refractivity contribution in [1.29, 1.82) is 0 Å². The van der Waals surface area contributed by atoms with Gasteiger partial charge in [0.2, 0.25) is 5.91 Å². The van der Waals surface area contributed by atoms with Crippen molar-refractivity contribution in [2.24, 2.45) is 0 Å². The molecule has 0 unspecified atom stereocenters. The van der Waals surface area contributed by atoms with Crippen LogP contribution in [0.2, 0.25) is 0 Å². The number of amides is 3. The van der Waals surface area contributed by atoms with Crippen LogP contribution in [0.15, 0.2) is 41.8 Å². The number of nitrogens with zero attached hydrogens (tertiary/aromatic N) is 1. The quantitative estimate of drug-likeness (QED) is 0.908. The second-order valence-corrected chi connectivity index (χ2v) is 6.47. The molecule has 0 saturated heterocycles. The minimum absolute atomic E-state index is 0.297. The molecule has 0 fully saturated rings. The number of carbonyl (C=O) groups is 2. The number of benzene rings is 1. The number of hydrogen-bond donors (Lipinski definition) is 2. The van der Waals surface area contributed by atoms with Crippen LogP contribution in [0.3, 0.4) is 0 Å². The van der Waals surface area contributed by atoms with Gasteiger partial charge in [0.15, 0.2) is 0 Å². The van der Waals surface area contributed by atoms with Crippen molar-refractivity contribution in [3.8, 4) is 0 Å². The van der Waals surface area contributed by atoms with Crippen LogP contribution in [0.4, 0.5) is 4.79 Å². The van der Waals surface area contributed by atoms with E-state index in [4.69, 9.17) is 0 Å². The minimum Gasteiger partial charge on any atom is -0.341 e. The van der Waals surface area contributed by atoms with Crippen LogP contribution >= 0.6 is 11.3 Å². The molecule has 2 aromatic rings. The van der Waals surface area contributed by atoms with Crippen LogP contribution < -0.4 is 10.6 Å². The van der Waals surface area contributed by atoms with E-state index in [1.54, 1.807) is 11.3 Å². The average Bonchev–Trinajstić information content (AvgIpc) is 3.03. The molecule has 1 aliphatic heterocycles. The van der Waals surface area contributed by atoms with Gasteiger partial charge in [0.1, 0.15) is 6.04 Å². The molecule has 0 spiro atoms.